The molecule has 0 aliphatic heterocycles. The molecule has 0 aromatic heterocycles. The Hall–Kier alpha value is -1.63. The third-order valence-corrected chi connectivity index (χ3v) is 3.95. The lowest BCUT2D eigenvalue weighted by atomic mass is 9.83. The van der Waals surface area contributed by atoms with E-state index < -0.39 is 0 Å². The molecule has 2 N–H and O–H groups in total. The van der Waals surface area contributed by atoms with E-state index >= 15 is 0 Å². The Morgan fingerprint density at radius 1 is 1.25 bits per heavy atom. The molecule has 0 bridgehead atoms. The lowest BCUT2D eigenvalue weighted by Gasteiger charge is -2.29. The van der Waals surface area contributed by atoms with Crippen LogP contribution in [0, 0.1) is 16.7 Å². The summed E-state index contributed by atoms with van der Waals surface area (Å²) in [6.45, 7) is 6.07. The summed E-state index contributed by atoms with van der Waals surface area (Å²) in [6.07, 6.45) is 6.06. The number of nitriles is 1. The van der Waals surface area contributed by atoms with Crippen LogP contribution in [0.5, 0.6) is 0 Å². The van der Waals surface area contributed by atoms with Crippen LogP contribution in [0.3, 0.4) is 0 Å². The monoisotopic (exact) mass is 272 g/mol. The van der Waals surface area contributed by atoms with E-state index in [0.29, 0.717) is 5.56 Å². The van der Waals surface area contributed by atoms with E-state index in [0.717, 1.165) is 31.5 Å². The molecule has 0 aliphatic rings. The Bertz CT molecular complexity index is 445. The quantitative estimate of drug-likeness (QED) is 0.715. The van der Waals surface area contributed by atoms with Crippen LogP contribution in [0.25, 0.3) is 6.08 Å². The number of aliphatic hydroxyl groups is 1. The maximum atomic E-state index is 9.48. The topological polar surface area (TPSA) is 56.0 Å². The molecule has 0 aliphatic carbocycles. The van der Waals surface area contributed by atoms with Gasteiger partial charge in [-0.15, -0.1) is 0 Å². The summed E-state index contributed by atoms with van der Waals surface area (Å²) in [5.41, 5.74) is 1.77. The summed E-state index contributed by atoms with van der Waals surface area (Å²) in [5, 5.41) is 21.6. The van der Waals surface area contributed by atoms with Gasteiger partial charge in [-0.3, -0.25) is 0 Å². The van der Waals surface area contributed by atoms with E-state index in [1.165, 1.54) is 0 Å². The van der Waals surface area contributed by atoms with Crippen LogP contribution in [-0.2, 0) is 0 Å². The van der Waals surface area contributed by atoms with E-state index in [4.69, 9.17) is 5.26 Å². The second-order valence-electron chi connectivity index (χ2n) is 5.13. The fraction of sp³-hybridized carbons (Fsp3) is 0.471. The highest BCUT2D eigenvalue weighted by molar-refractivity contribution is 5.51. The van der Waals surface area contributed by atoms with Crippen molar-refractivity contribution in [2.75, 3.05) is 19.7 Å². The normalized spacial score (nSPS) is 11.7. The number of benzene rings is 1. The Morgan fingerprint density at radius 3 is 2.40 bits per heavy atom. The molecule has 0 saturated heterocycles. The first-order valence-electron chi connectivity index (χ1n) is 7.18. The van der Waals surface area contributed by atoms with Gasteiger partial charge in [0.1, 0.15) is 0 Å². The Balaban J connectivity index is 2.40. The summed E-state index contributed by atoms with van der Waals surface area (Å²) >= 11 is 0. The lowest BCUT2D eigenvalue weighted by Crippen LogP contribution is -2.36. The molecule has 0 heterocycles. The minimum absolute atomic E-state index is 0.00227. The van der Waals surface area contributed by atoms with Crippen molar-refractivity contribution < 1.29 is 5.11 Å². The van der Waals surface area contributed by atoms with Gasteiger partial charge in [0.05, 0.1) is 11.6 Å². The molecule has 3 heteroatoms. The van der Waals surface area contributed by atoms with Crippen molar-refractivity contribution in [3.63, 3.8) is 0 Å². The Labute approximate surface area is 121 Å². The van der Waals surface area contributed by atoms with E-state index in [1.54, 1.807) is 0 Å². The first kappa shape index (κ1) is 16.4. The maximum absolute atomic E-state index is 9.48. The second kappa shape index (κ2) is 8.52. The summed E-state index contributed by atoms with van der Waals surface area (Å²) in [6, 6.07) is 9.61. The van der Waals surface area contributed by atoms with Crippen LogP contribution in [0.1, 0.15) is 37.8 Å². The van der Waals surface area contributed by atoms with Crippen molar-refractivity contribution in [1.29, 1.82) is 5.26 Å². The standard InChI is InChI=1S/C17H24N2O/c1-3-17(4-2,14-20)13-19-11-5-6-15-7-9-16(12-18)10-8-15/h5-10,19-20H,3-4,11,13-14H2,1-2H3/b6-5+. The van der Waals surface area contributed by atoms with Crippen molar-refractivity contribution in [1.82, 2.24) is 5.32 Å². The van der Waals surface area contributed by atoms with Gasteiger partial charge in [0.15, 0.2) is 0 Å². The highest BCUT2D eigenvalue weighted by atomic mass is 16.3. The van der Waals surface area contributed by atoms with E-state index in [2.05, 4.69) is 31.3 Å². The predicted molar refractivity (Wildman–Crippen MR) is 83.2 cm³/mol. The van der Waals surface area contributed by atoms with Gasteiger partial charge >= 0.3 is 0 Å². The van der Waals surface area contributed by atoms with E-state index in [-0.39, 0.29) is 12.0 Å². The van der Waals surface area contributed by atoms with Crippen molar-refractivity contribution in [2.45, 2.75) is 26.7 Å². The molecule has 0 saturated carbocycles. The van der Waals surface area contributed by atoms with Gasteiger partial charge in [-0.2, -0.15) is 5.26 Å². The van der Waals surface area contributed by atoms with Gasteiger partial charge in [0.25, 0.3) is 0 Å². The first-order valence-corrected chi connectivity index (χ1v) is 7.18. The molecule has 0 unspecified atom stereocenters. The molecule has 1 aromatic rings. The number of rotatable bonds is 8. The minimum Gasteiger partial charge on any atom is -0.396 e. The maximum Gasteiger partial charge on any atom is 0.0991 e. The molecule has 1 aromatic carbocycles. The average Bonchev–Trinajstić information content (AvgIpc) is 2.52. The minimum atomic E-state index is 0.00227. The van der Waals surface area contributed by atoms with Crippen LogP contribution in [0.2, 0.25) is 0 Å². The average molecular weight is 272 g/mol. The van der Waals surface area contributed by atoms with Gasteiger partial charge in [-0.25, -0.2) is 0 Å². The summed E-state index contributed by atoms with van der Waals surface area (Å²) in [4.78, 5) is 0. The lowest BCUT2D eigenvalue weighted by molar-refractivity contribution is 0.114. The van der Waals surface area contributed by atoms with Crippen LogP contribution >= 0.6 is 0 Å². The molecule has 0 atom stereocenters. The summed E-state index contributed by atoms with van der Waals surface area (Å²) in [5.74, 6) is 0. The van der Waals surface area contributed by atoms with Crippen LogP contribution in [0.15, 0.2) is 30.3 Å². The van der Waals surface area contributed by atoms with Gasteiger partial charge in [0, 0.05) is 25.1 Å². The Morgan fingerprint density at radius 2 is 1.90 bits per heavy atom. The van der Waals surface area contributed by atoms with Crippen molar-refractivity contribution in [3.05, 3.63) is 41.5 Å². The fourth-order valence-corrected chi connectivity index (χ4v) is 2.06. The SMILES string of the molecule is CCC(CC)(CO)CNC/C=C/c1ccc(C#N)cc1. The predicted octanol–water partition coefficient (Wildman–Crippen LogP) is 2.96. The van der Waals surface area contributed by atoms with Gasteiger partial charge < -0.3 is 10.4 Å². The van der Waals surface area contributed by atoms with Crippen molar-refractivity contribution in [2.24, 2.45) is 5.41 Å². The molecular weight excluding hydrogens is 248 g/mol. The van der Waals surface area contributed by atoms with Gasteiger partial charge in [0.2, 0.25) is 0 Å². The molecule has 108 valence electrons. The molecule has 1 rings (SSSR count). The zero-order chi connectivity index (χ0) is 14.8. The van der Waals surface area contributed by atoms with Gasteiger partial charge in [-0.1, -0.05) is 38.1 Å². The number of nitrogens with zero attached hydrogens (tertiary/aromatic N) is 1. The molecule has 0 spiro atoms. The third kappa shape index (κ3) is 4.80. The van der Waals surface area contributed by atoms with Crippen LogP contribution in [-0.4, -0.2) is 24.8 Å². The molecule has 0 amide bonds. The third-order valence-electron chi connectivity index (χ3n) is 3.95. The zero-order valence-electron chi connectivity index (χ0n) is 12.4. The number of hydrogen-bond donors (Lipinski definition) is 2. The highest BCUT2D eigenvalue weighted by Gasteiger charge is 2.24. The zero-order valence-corrected chi connectivity index (χ0v) is 12.4. The smallest absolute Gasteiger partial charge is 0.0991 e. The molecule has 0 radical (unpaired) electrons. The highest BCUT2D eigenvalue weighted by Crippen LogP contribution is 2.24. The molecule has 3 nitrogen and oxygen atoms in total. The van der Waals surface area contributed by atoms with Crippen LogP contribution in [0.4, 0.5) is 0 Å². The van der Waals surface area contributed by atoms with Crippen LogP contribution < -0.4 is 5.32 Å². The number of nitrogens with one attached hydrogen (secondary N) is 1. The van der Waals surface area contributed by atoms with Crippen molar-refractivity contribution in [3.8, 4) is 6.07 Å². The summed E-state index contributed by atoms with van der Waals surface area (Å²) < 4.78 is 0. The Kier molecular flexibility index (Phi) is 7.00. The van der Waals surface area contributed by atoms with Crippen molar-refractivity contribution >= 4 is 6.08 Å². The van der Waals surface area contributed by atoms with Gasteiger partial charge in [-0.05, 0) is 30.5 Å². The van der Waals surface area contributed by atoms with E-state index in [1.807, 2.05) is 30.3 Å². The molecule has 0 fully saturated rings. The summed E-state index contributed by atoms with van der Waals surface area (Å²) in [7, 11) is 0. The molecule has 20 heavy (non-hydrogen) atoms. The first-order chi connectivity index (χ1) is 9.69. The fourth-order valence-electron chi connectivity index (χ4n) is 2.06. The second-order valence-corrected chi connectivity index (χ2v) is 5.13. The largest absolute Gasteiger partial charge is 0.396 e. The van der Waals surface area contributed by atoms with E-state index in [9.17, 15) is 5.11 Å². The number of hydrogen-bond acceptors (Lipinski definition) is 3. The molecular formula is C17H24N2O. The number of aliphatic hydroxyl groups excluding tert-OH is 1.